The van der Waals surface area contributed by atoms with Gasteiger partial charge in [-0.15, -0.1) is 6.42 Å². The highest BCUT2D eigenvalue weighted by atomic mass is 79.9. The number of carbonyl (C=O) groups is 1. The van der Waals surface area contributed by atoms with Gasteiger partial charge in [-0.05, 0) is 63.6 Å². The summed E-state index contributed by atoms with van der Waals surface area (Å²) in [5.74, 6) is 2.55. The van der Waals surface area contributed by atoms with Crippen LogP contribution in [0.5, 0.6) is 5.75 Å². The van der Waals surface area contributed by atoms with Crippen LogP contribution in [-0.4, -0.2) is 17.7 Å². The van der Waals surface area contributed by atoms with Crippen LogP contribution in [-0.2, 0) is 4.79 Å². The monoisotopic (exact) mass is 514 g/mol. The van der Waals surface area contributed by atoms with E-state index >= 15 is 0 Å². The predicted octanol–water partition coefficient (Wildman–Crippen LogP) is 6.31. The van der Waals surface area contributed by atoms with E-state index in [1.165, 1.54) is 11.8 Å². The molecule has 4 nitrogen and oxygen atoms in total. The number of hydrogen-bond donors (Lipinski definition) is 1. The van der Waals surface area contributed by atoms with Crippen LogP contribution in [0.15, 0.2) is 44.7 Å². The zero-order valence-corrected chi connectivity index (χ0v) is 18.6. The van der Waals surface area contributed by atoms with E-state index in [0.717, 1.165) is 0 Å². The average molecular weight is 517 g/mol. The highest BCUT2D eigenvalue weighted by molar-refractivity contribution is 9.10. The molecule has 0 spiro atoms. The molecular formula is C19H10BrCl3N2O2S. The van der Waals surface area contributed by atoms with Crippen LogP contribution in [0.4, 0.5) is 5.69 Å². The van der Waals surface area contributed by atoms with E-state index in [9.17, 15) is 4.79 Å². The van der Waals surface area contributed by atoms with Crippen molar-refractivity contribution >= 4 is 85.3 Å². The van der Waals surface area contributed by atoms with Gasteiger partial charge in [-0.3, -0.25) is 4.79 Å². The van der Waals surface area contributed by atoms with Gasteiger partial charge in [0.15, 0.2) is 10.9 Å². The zero-order valence-electron chi connectivity index (χ0n) is 13.9. The molecule has 0 atom stereocenters. The Kier molecular flexibility index (Phi) is 6.97. The van der Waals surface area contributed by atoms with Gasteiger partial charge in [-0.25, -0.2) is 4.99 Å². The second kappa shape index (κ2) is 9.25. The molecule has 1 saturated heterocycles. The number of amides is 1. The van der Waals surface area contributed by atoms with Crippen LogP contribution in [0.2, 0.25) is 15.1 Å². The van der Waals surface area contributed by atoms with Crippen molar-refractivity contribution in [3.8, 4) is 18.1 Å². The molecule has 142 valence electrons. The van der Waals surface area contributed by atoms with Gasteiger partial charge >= 0.3 is 0 Å². The molecule has 0 aromatic heterocycles. The van der Waals surface area contributed by atoms with Crippen molar-refractivity contribution in [2.75, 3.05) is 6.61 Å². The van der Waals surface area contributed by atoms with Gasteiger partial charge in [0.05, 0.1) is 30.1 Å². The van der Waals surface area contributed by atoms with Crippen LogP contribution < -0.4 is 10.1 Å². The molecule has 1 amide bonds. The lowest BCUT2D eigenvalue weighted by Gasteiger charge is -2.08. The second-order valence-electron chi connectivity index (χ2n) is 5.36. The second-order valence-corrected chi connectivity index (χ2v) is 8.44. The molecule has 2 aromatic carbocycles. The maximum Gasteiger partial charge on any atom is 0.264 e. The first-order chi connectivity index (χ1) is 13.4. The molecule has 1 fully saturated rings. The van der Waals surface area contributed by atoms with Gasteiger partial charge in [-0.2, -0.15) is 0 Å². The van der Waals surface area contributed by atoms with E-state index < -0.39 is 0 Å². The van der Waals surface area contributed by atoms with Crippen molar-refractivity contribution in [3.63, 3.8) is 0 Å². The Balaban J connectivity index is 1.86. The Bertz CT molecular complexity index is 1040. The van der Waals surface area contributed by atoms with E-state index in [2.05, 4.69) is 32.2 Å². The van der Waals surface area contributed by atoms with E-state index in [4.69, 9.17) is 46.0 Å². The Morgan fingerprint density at radius 3 is 2.79 bits per heavy atom. The predicted molar refractivity (Wildman–Crippen MR) is 121 cm³/mol. The maximum atomic E-state index is 12.3. The number of benzene rings is 2. The number of thioether (sulfide) groups is 1. The average Bonchev–Trinajstić information content (AvgIpc) is 2.97. The summed E-state index contributed by atoms with van der Waals surface area (Å²) >= 11 is 23.0. The van der Waals surface area contributed by atoms with Crippen molar-refractivity contribution in [1.29, 1.82) is 0 Å². The van der Waals surface area contributed by atoms with Gasteiger partial charge < -0.3 is 10.1 Å². The fourth-order valence-corrected chi connectivity index (χ4v) is 4.40. The Morgan fingerprint density at radius 1 is 1.29 bits per heavy atom. The van der Waals surface area contributed by atoms with Gasteiger partial charge in [0.1, 0.15) is 6.61 Å². The Morgan fingerprint density at radius 2 is 2.07 bits per heavy atom. The van der Waals surface area contributed by atoms with E-state index in [0.29, 0.717) is 46.6 Å². The number of rotatable bonds is 4. The highest BCUT2D eigenvalue weighted by Gasteiger charge is 2.24. The Hall–Kier alpha value is -1.62. The number of amidine groups is 1. The molecule has 28 heavy (non-hydrogen) atoms. The summed E-state index contributed by atoms with van der Waals surface area (Å²) in [5.41, 5.74) is 1.18. The minimum atomic E-state index is -0.276. The quantitative estimate of drug-likeness (QED) is 0.383. The first-order valence-electron chi connectivity index (χ1n) is 7.68. The summed E-state index contributed by atoms with van der Waals surface area (Å²) in [6.45, 7) is 0.100. The van der Waals surface area contributed by atoms with Crippen LogP contribution >= 0.6 is 62.5 Å². The summed E-state index contributed by atoms with van der Waals surface area (Å²) in [7, 11) is 0. The Labute approximate surface area is 189 Å². The van der Waals surface area contributed by atoms with Crippen LogP contribution in [0.1, 0.15) is 5.56 Å². The lowest BCUT2D eigenvalue weighted by atomic mass is 10.2. The minimum Gasteiger partial charge on any atom is -0.478 e. The number of nitrogens with one attached hydrogen (secondary N) is 1. The van der Waals surface area contributed by atoms with Gasteiger partial charge in [0.25, 0.3) is 5.91 Å². The number of carbonyl (C=O) groups excluding carboxylic acids is 1. The van der Waals surface area contributed by atoms with Crippen molar-refractivity contribution in [1.82, 2.24) is 5.32 Å². The maximum absolute atomic E-state index is 12.3. The first-order valence-corrected chi connectivity index (χ1v) is 10.4. The van der Waals surface area contributed by atoms with E-state index in [1.807, 2.05) is 0 Å². The van der Waals surface area contributed by atoms with E-state index in [1.54, 1.807) is 36.4 Å². The van der Waals surface area contributed by atoms with Gasteiger partial charge in [0.2, 0.25) is 0 Å². The number of halogens is 4. The molecular weight excluding hydrogens is 507 g/mol. The van der Waals surface area contributed by atoms with Crippen LogP contribution in [0.3, 0.4) is 0 Å². The third kappa shape index (κ3) is 4.86. The summed E-state index contributed by atoms with van der Waals surface area (Å²) in [4.78, 5) is 17.1. The fraction of sp³-hybridized carbons (Fsp3) is 0.0526. The number of hydrogen-bond acceptors (Lipinski definition) is 4. The third-order valence-electron chi connectivity index (χ3n) is 3.42. The highest BCUT2D eigenvalue weighted by Crippen LogP contribution is 2.37. The van der Waals surface area contributed by atoms with Crippen molar-refractivity contribution in [2.24, 2.45) is 4.99 Å². The number of terminal acetylenes is 1. The molecule has 0 unspecified atom stereocenters. The van der Waals surface area contributed by atoms with Gasteiger partial charge in [0, 0.05) is 0 Å². The van der Waals surface area contributed by atoms with Crippen molar-refractivity contribution in [2.45, 2.75) is 0 Å². The van der Waals surface area contributed by atoms with Crippen LogP contribution in [0.25, 0.3) is 6.08 Å². The molecule has 0 saturated carbocycles. The molecule has 1 aliphatic heterocycles. The minimum absolute atomic E-state index is 0.100. The summed E-state index contributed by atoms with van der Waals surface area (Å²) in [5, 5.41) is 4.19. The first kappa shape index (κ1) is 21.1. The fourth-order valence-electron chi connectivity index (χ4n) is 2.23. The molecule has 1 heterocycles. The lowest BCUT2D eigenvalue weighted by molar-refractivity contribution is -0.115. The molecule has 9 heteroatoms. The largest absolute Gasteiger partial charge is 0.478 e. The van der Waals surface area contributed by atoms with Crippen molar-refractivity contribution in [3.05, 3.63) is 60.3 Å². The molecule has 1 N–H and O–H groups in total. The lowest BCUT2D eigenvalue weighted by Crippen LogP contribution is -2.19. The number of nitrogens with zero attached hydrogens (tertiary/aromatic N) is 1. The molecule has 2 aromatic rings. The molecule has 0 radical (unpaired) electrons. The standard InChI is InChI=1S/C19H10BrCl3N2O2S/c1-2-6-27-17-11(20)7-10(8-13(17)22)9-15-18(26)25-19(28-15)24-14-5-3-4-12(21)16(14)23/h1,3-5,7-9H,6H2,(H,24,25,26)/b15-9-. The molecule has 0 aliphatic carbocycles. The third-order valence-corrected chi connectivity index (χ3v) is 6.01. The normalized spacial score (nSPS) is 16.3. The molecule has 0 bridgehead atoms. The summed E-state index contributed by atoms with van der Waals surface area (Å²) in [6.07, 6.45) is 6.90. The molecule has 3 rings (SSSR count). The zero-order chi connectivity index (χ0) is 20.3. The van der Waals surface area contributed by atoms with Gasteiger partial charge in [-0.1, -0.05) is 46.8 Å². The van der Waals surface area contributed by atoms with Crippen LogP contribution in [0, 0.1) is 12.3 Å². The topological polar surface area (TPSA) is 50.7 Å². The number of aliphatic imine (C=N–C) groups is 1. The van der Waals surface area contributed by atoms with Crippen molar-refractivity contribution < 1.29 is 9.53 Å². The summed E-state index contributed by atoms with van der Waals surface area (Å²) in [6, 6.07) is 8.57. The number of ether oxygens (including phenoxy) is 1. The smallest absolute Gasteiger partial charge is 0.264 e. The summed E-state index contributed by atoms with van der Waals surface area (Å²) < 4.78 is 6.03. The molecule has 1 aliphatic rings. The van der Waals surface area contributed by atoms with E-state index in [-0.39, 0.29) is 12.5 Å². The SMILES string of the molecule is C#CCOc1c(Cl)cc(/C=C2\SC(=Nc3cccc(Cl)c3Cl)NC2=O)cc1Br.